The van der Waals surface area contributed by atoms with Crippen molar-refractivity contribution in [2.75, 3.05) is 17.6 Å². The van der Waals surface area contributed by atoms with Crippen molar-refractivity contribution in [1.29, 1.82) is 0 Å². The van der Waals surface area contributed by atoms with Gasteiger partial charge in [-0.05, 0) is 18.6 Å². The fourth-order valence-corrected chi connectivity index (χ4v) is 3.23. The molecule has 1 N–H and O–H groups in total. The van der Waals surface area contributed by atoms with Crippen LogP contribution in [0.25, 0.3) is 0 Å². The molecule has 0 spiro atoms. The van der Waals surface area contributed by atoms with Gasteiger partial charge in [0.25, 0.3) is 0 Å². The molecule has 3 nitrogen and oxygen atoms in total. The second-order valence-electron chi connectivity index (χ2n) is 3.43. The summed E-state index contributed by atoms with van der Waals surface area (Å²) in [6, 6.07) is 0. The van der Waals surface area contributed by atoms with Crippen molar-refractivity contribution < 1.29 is 13.2 Å². The summed E-state index contributed by atoms with van der Waals surface area (Å²) in [5.41, 5.74) is 0. The maximum absolute atomic E-state index is 12.2. The average molecular weight is 269 g/mol. The van der Waals surface area contributed by atoms with Crippen LogP contribution in [0.15, 0.2) is 0 Å². The highest BCUT2D eigenvalue weighted by molar-refractivity contribution is 8.00. The molecule has 0 saturated carbocycles. The first-order valence-corrected chi connectivity index (χ1v) is 6.68. The van der Waals surface area contributed by atoms with Gasteiger partial charge < -0.3 is 5.32 Å². The minimum Gasteiger partial charge on any atom is -0.359 e. The Kier molecular flexibility index (Phi) is 3.58. The number of alkyl halides is 3. The Bertz CT molecular complexity index is 347. The van der Waals surface area contributed by atoms with Gasteiger partial charge in [0.15, 0.2) is 0 Å². The number of nitrogens with one attached hydrogen (secondary N) is 1. The van der Waals surface area contributed by atoms with Crippen LogP contribution in [0.2, 0.25) is 0 Å². The molecule has 0 amide bonds. The topological polar surface area (TPSA) is 37.8 Å². The summed E-state index contributed by atoms with van der Waals surface area (Å²) in [6.45, 7) is 0.664. The molecule has 2 heterocycles. The molecule has 90 valence electrons. The first kappa shape index (κ1) is 12.0. The summed E-state index contributed by atoms with van der Waals surface area (Å²) < 4.78 is 36.7. The Balaban J connectivity index is 1.87. The van der Waals surface area contributed by atoms with Gasteiger partial charge in [-0.1, -0.05) is 11.3 Å². The molecule has 1 aliphatic heterocycles. The molecule has 8 heteroatoms. The van der Waals surface area contributed by atoms with E-state index in [0.717, 1.165) is 12.2 Å². The third-order valence-corrected chi connectivity index (χ3v) is 4.50. The second-order valence-corrected chi connectivity index (χ2v) is 5.81. The highest BCUT2D eigenvalue weighted by atomic mass is 32.2. The summed E-state index contributed by atoms with van der Waals surface area (Å²) in [7, 11) is 0. The fourth-order valence-electron chi connectivity index (χ4n) is 1.42. The van der Waals surface area contributed by atoms with Crippen molar-refractivity contribution in [3.05, 3.63) is 5.01 Å². The molecular weight excluding hydrogens is 259 g/mol. The van der Waals surface area contributed by atoms with Gasteiger partial charge >= 0.3 is 6.18 Å². The molecule has 1 aromatic heterocycles. The van der Waals surface area contributed by atoms with Gasteiger partial charge in [0.2, 0.25) is 10.1 Å². The van der Waals surface area contributed by atoms with Crippen LogP contribution >= 0.6 is 23.1 Å². The first-order chi connectivity index (χ1) is 7.55. The molecule has 0 aliphatic carbocycles. The second kappa shape index (κ2) is 4.79. The Labute approximate surface area is 98.8 Å². The van der Waals surface area contributed by atoms with E-state index >= 15 is 0 Å². The van der Waals surface area contributed by atoms with Crippen LogP contribution in [0.1, 0.15) is 17.8 Å². The number of thioether (sulfide) groups is 1. The van der Waals surface area contributed by atoms with E-state index in [1.807, 2.05) is 11.8 Å². The molecule has 1 unspecified atom stereocenters. The quantitative estimate of drug-likeness (QED) is 0.915. The summed E-state index contributed by atoms with van der Waals surface area (Å²) >= 11 is 2.40. The maximum atomic E-state index is 12.2. The average Bonchev–Trinajstić information content (AvgIpc) is 2.85. The van der Waals surface area contributed by atoms with Crippen molar-refractivity contribution >= 4 is 28.2 Å². The Morgan fingerprint density at radius 3 is 2.75 bits per heavy atom. The van der Waals surface area contributed by atoms with E-state index in [1.54, 1.807) is 0 Å². The lowest BCUT2D eigenvalue weighted by Gasteiger charge is -2.07. The smallest absolute Gasteiger partial charge is 0.359 e. The van der Waals surface area contributed by atoms with Crippen molar-refractivity contribution in [3.8, 4) is 0 Å². The number of nitrogens with zero attached hydrogens (tertiary/aromatic N) is 2. The molecule has 1 fully saturated rings. The van der Waals surface area contributed by atoms with Gasteiger partial charge in [0.1, 0.15) is 0 Å². The van der Waals surface area contributed by atoms with Gasteiger partial charge in [0.05, 0.1) is 0 Å². The van der Waals surface area contributed by atoms with E-state index in [9.17, 15) is 13.2 Å². The molecule has 0 radical (unpaired) electrons. The Hall–Kier alpha value is -0.500. The van der Waals surface area contributed by atoms with E-state index < -0.39 is 11.2 Å². The monoisotopic (exact) mass is 269 g/mol. The third-order valence-electron chi connectivity index (χ3n) is 2.17. The molecule has 1 saturated heterocycles. The highest BCUT2D eigenvalue weighted by Crippen LogP contribution is 2.33. The lowest BCUT2D eigenvalue weighted by molar-refractivity contribution is -0.138. The molecule has 0 bridgehead atoms. The predicted octanol–water partition coefficient (Wildman–Crippen LogP) is 2.86. The van der Waals surface area contributed by atoms with E-state index in [0.29, 0.717) is 23.1 Å². The number of rotatable bonds is 3. The fraction of sp³-hybridized carbons (Fsp3) is 0.750. The van der Waals surface area contributed by atoms with Crippen LogP contribution in [0.3, 0.4) is 0 Å². The zero-order valence-corrected chi connectivity index (χ0v) is 9.88. The molecule has 16 heavy (non-hydrogen) atoms. The summed E-state index contributed by atoms with van der Waals surface area (Å²) in [5, 5.41) is 9.32. The summed E-state index contributed by atoms with van der Waals surface area (Å²) in [5.74, 6) is 1.14. The van der Waals surface area contributed by atoms with Crippen LogP contribution in [-0.2, 0) is 6.18 Å². The zero-order valence-electron chi connectivity index (χ0n) is 8.25. The molecule has 1 aromatic rings. The number of hydrogen-bond donors (Lipinski definition) is 1. The van der Waals surface area contributed by atoms with Gasteiger partial charge in [-0.15, -0.1) is 10.2 Å². The molecular formula is C8H10F3N3S2. The first-order valence-electron chi connectivity index (χ1n) is 4.82. The molecule has 1 atom stereocenters. The molecule has 0 aromatic carbocycles. The Morgan fingerprint density at radius 1 is 1.38 bits per heavy atom. The zero-order chi connectivity index (χ0) is 11.6. The summed E-state index contributed by atoms with van der Waals surface area (Å²) in [6.07, 6.45) is -2.09. The lowest BCUT2D eigenvalue weighted by Crippen LogP contribution is -2.13. The van der Waals surface area contributed by atoms with Crippen molar-refractivity contribution in [1.82, 2.24) is 10.2 Å². The minimum absolute atomic E-state index is 0.250. The molecule has 1 aliphatic rings. The van der Waals surface area contributed by atoms with Crippen LogP contribution in [-0.4, -0.2) is 27.7 Å². The third kappa shape index (κ3) is 3.00. The number of anilines is 1. The van der Waals surface area contributed by atoms with E-state index in [1.165, 1.54) is 6.42 Å². The van der Waals surface area contributed by atoms with Gasteiger partial charge in [-0.25, -0.2) is 0 Å². The van der Waals surface area contributed by atoms with Crippen molar-refractivity contribution in [2.45, 2.75) is 24.3 Å². The van der Waals surface area contributed by atoms with Gasteiger partial charge in [-0.2, -0.15) is 24.9 Å². The number of aromatic nitrogens is 2. The SMILES string of the molecule is FC(F)(F)c1nnc(NCC2CCCS2)s1. The van der Waals surface area contributed by atoms with Crippen LogP contribution < -0.4 is 5.32 Å². The number of halogens is 3. The van der Waals surface area contributed by atoms with Crippen LogP contribution in [0.5, 0.6) is 0 Å². The predicted molar refractivity (Wildman–Crippen MR) is 58.9 cm³/mol. The van der Waals surface area contributed by atoms with Crippen LogP contribution in [0, 0.1) is 0 Å². The minimum atomic E-state index is -4.39. The summed E-state index contributed by atoms with van der Waals surface area (Å²) in [4.78, 5) is 0. The Morgan fingerprint density at radius 2 is 2.19 bits per heavy atom. The highest BCUT2D eigenvalue weighted by Gasteiger charge is 2.35. The lowest BCUT2D eigenvalue weighted by atomic mass is 10.2. The van der Waals surface area contributed by atoms with Crippen LogP contribution in [0.4, 0.5) is 18.3 Å². The standard InChI is InChI=1S/C8H10F3N3S2/c9-8(10,11)6-13-14-7(16-6)12-4-5-2-1-3-15-5/h5H,1-4H2,(H,12,14). The van der Waals surface area contributed by atoms with E-state index in [-0.39, 0.29) is 5.13 Å². The van der Waals surface area contributed by atoms with Crippen molar-refractivity contribution in [2.24, 2.45) is 0 Å². The van der Waals surface area contributed by atoms with Gasteiger partial charge in [-0.3, -0.25) is 0 Å². The maximum Gasteiger partial charge on any atom is 0.445 e. The molecule has 2 rings (SSSR count). The van der Waals surface area contributed by atoms with Crippen molar-refractivity contribution in [3.63, 3.8) is 0 Å². The largest absolute Gasteiger partial charge is 0.445 e. The van der Waals surface area contributed by atoms with E-state index in [2.05, 4.69) is 15.5 Å². The normalized spacial score (nSPS) is 21.3. The van der Waals surface area contributed by atoms with Gasteiger partial charge in [0, 0.05) is 11.8 Å². The van der Waals surface area contributed by atoms with E-state index in [4.69, 9.17) is 0 Å². The number of hydrogen-bond acceptors (Lipinski definition) is 5.